The number of aryl methyl sites for hydroxylation is 2. The lowest BCUT2D eigenvalue weighted by atomic mass is 9.99. The van der Waals surface area contributed by atoms with Crippen LogP contribution in [-0.4, -0.2) is 25.5 Å². The van der Waals surface area contributed by atoms with Crippen LogP contribution in [0.1, 0.15) is 22.3 Å². The topological polar surface area (TPSA) is 68.6 Å². The lowest BCUT2D eigenvalue weighted by Crippen LogP contribution is -2.20. The second-order valence-electron chi connectivity index (χ2n) is 4.56. The summed E-state index contributed by atoms with van der Waals surface area (Å²) in [4.78, 5) is 10.8. The van der Waals surface area contributed by atoms with Crippen molar-refractivity contribution in [3.8, 4) is 11.8 Å². The largest absolute Gasteiger partial charge is 0.508 e. The third-order valence-corrected chi connectivity index (χ3v) is 3.08. The predicted octanol–water partition coefficient (Wildman–Crippen LogP) is 2.40. The molecule has 0 aliphatic carbocycles. The van der Waals surface area contributed by atoms with Crippen LogP contribution in [0.4, 0.5) is 4.79 Å². The minimum atomic E-state index is -0.663. The molecule has 0 spiro atoms. The fourth-order valence-electron chi connectivity index (χ4n) is 2.19. The van der Waals surface area contributed by atoms with E-state index < -0.39 is 12.3 Å². The van der Waals surface area contributed by atoms with Crippen LogP contribution in [0.3, 0.4) is 0 Å². The van der Waals surface area contributed by atoms with Crippen LogP contribution in [0.2, 0.25) is 0 Å². The van der Waals surface area contributed by atoms with Crippen LogP contribution in [-0.2, 0) is 9.47 Å². The summed E-state index contributed by atoms with van der Waals surface area (Å²) in [5.74, 6) is 0.671. The van der Waals surface area contributed by atoms with Gasteiger partial charge in [0, 0.05) is 5.56 Å². The molecule has 5 heteroatoms. The third-order valence-electron chi connectivity index (χ3n) is 3.08. The fraction of sp³-hybridized carbons (Fsp3) is 0.429. The normalized spacial score (nSPS) is 17.6. The number of hydrogen-bond acceptors (Lipinski definition) is 5. The van der Waals surface area contributed by atoms with E-state index in [1.54, 1.807) is 0 Å². The molecule has 0 aromatic heterocycles. The van der Waals surface area contributed by atoms with E-state index >= 15 is 0 Å². The minimum absolute atomic E-state index is 0.202. The zero-order valence-electron chi connectivity index (χ0n) is 11.1. The van der Waals surface area contributed by atoms with Gasteiger partial charge in [0.25, 0.3) is 0 Å². The van der Waals surface area contributed by atoms with E-state index in [2.05, 4.69) is 10.8 Å². The number of nitrogens with zero attached hydrogens (tertiary/aromatic N) is 1. The van der Waals surface area contributed by atoms with Crippen LogP contribution in [0, 0.1) is 32.1 Å². The first-order chi connectivity index (χ1) is 9.02. The Labute approximate surface area is 111 Å². The van der Waals surface area contributed by atoms with E-state index in [4.69, 9.17) is 14.7 Å². The molecule has 0 saturated carbocycles. The molecule has 1 aliphatic rings. The Morgan fingerprint density at radius 3 is 2.74 bits per heavy atom. The summed E-state index contributed by atoms with van der Waals surface area (Å²) < 4.78 is 15.3. The zero-order chi connectivity index (χ0) is 14.0. The SMILES string of the molecule is Cc1cc(C)c(OCC2COC(=O)O2)c(C)c1C#N. The van der Waals surface area contributed by atoms with Gasteiger partial charge in [0.1, 0.15) is 19.0 Å². The monoisotopic (exact) mass is 261 g/mol. The van der Waals surface area contributed by atoms with Gasteiger partial charge in [-0.3, -0.25) is 0 Å². The Morgan fingerprint density at radius 2 is 2.16 bits per heavy atom. The molecular formula is C14H15NO4. The number of benzene rings is 1. The van der Waals surface area contributed by atoms with Gasteiger partial charge < -0.3 is 14.2 Å². The van der Waals surface area contributed by atoms with Crippen molar-refractivity contribution in [3.63, 3.8) is 0 Å². The molecule has 1 saturated heterocycles. The molecule has 5 nitrogen and oxygen atoms in total. The van der Waals surface area contributed by atoms with E-state index in [-0.39, 0.29) is 13.2 Å². The average molecular weight is 261 g/mol. The van der Waals surface area contributed by atoms with Gasteiger partial charge in [0.15, 0.2) is 6.10 Å². The zero-order valence-corrected chi connectivity index (χ0v) is 11.1. The maximum atomic E-state index is 10.8. The number of rotatable bonds is 3. The van der Waals surface area contributed by atoms with Gasteiger partial charge in [-0.2, -0.15) is 5.26 Å². The molecule has 19 heavy (non-hydrogen) atoms. The summed E-state index contributed by atoms with van der Waals surface area (Å²) in [5.41, 5.74) is 3.32. The second-order valence-corrected chi connectivity index (χ2v) is 4.56. The molecule has 0 N–H and O–H groups in total. The summed E-state index contributed by atoms with van der Waals surface area (Å²) in [6, 6.07) is 4.09. The van der Waals surface area contributed by atoms with E-state index in [1.807, 2.05) is 26.8 Å². The number of nitriles is 1. The molecule has 100 valence electrons. The number of cyclic esters (lactones) is 2. The lowest BCUT2D eigenvalue weighted by Gasteiger charge is -2.16. The molecule has 1 fully saturated rings. The molecule has 2 rings (SSSR count). The highest BCUT2D eigenvalue weighted by atomic mass is 16.8. The Morgan fingerprint density at radius 1 is 1.42 bits per heavy atom. The van der Waals surface area contributed by atoms with Crippen molar-refractivity contribution in [3.05, 3.63) is 28.3 Å². The standard InChI is InChI=1S/C14H15NO4/c1-8-4-9(2)13(10(3)12(8)5-15)17-6-11-7-18-14(16)19-11/h4,11H,6-7H2,1-3H3. The number of hydrogen-bond donors (Lipinski definition) is 0. The summed E-state index contributed by atoms with van der Waals surface area (Å²) >= 11 is 0. The Hall–Kier alpha value is -2.22. The molecule has 0 bridgehead atoms. The molecule has 1 aromatic rings. The van der Waals surface area contributed by atoms with Crippen molar-refractivity contribution < 1.29 is 19.0 Å². The Bertz CT molecular complexity index is 560. The molecule has 1 aromatic carbocycles. The highest BCUT2D eigenvalue weighted by molar-refractivity contribution is 5.61. The van der Waals surface area contributed by atoms with E-state index in [0.29, 0.717) is 11.3 Å². The van der Waals surface area contributed by atoms with Gasteiger partial charge in [-0.05, 0) is 31.9 Å². The van der Waals surface area contributed by atoms with Crippen molar-refractivity contribution in [1.29, 1.82) is 5.26 Å². The predicted molar refractivity (Wildman–Crippen MR) is 67.1 cm³/mol. The molecule has 0 radical (unpaired) electrons. The molecule has 1 unspecified atom stereocenters. The van der Waals surface area contributed by atoms with E-state index in [0.717, 1.165) is 16.7 Å². The summed E-state index contributed by atoms with van der Waals surface area (Å²) in [7, 11) is 0. The van der Waals surface area contributed by atoms with Gasteiger partial charge in [-0.15, -0.1) is 0 Å². The van der Waals surface area contributed by atoms with Gasteiger partial charge in [0.05, 0.1) is 11.6 Å². The molecule has 1 aliphatic heterocycles. The Kier molecular flexibility index (Phi) is 3.61. The lowest BCUT2D eigenvalue weighted by molar-refractivity contribution is 0.0980. The first kappa shape index (κ1) is 13.2. The van der Waals surface area contributed by atoms with E-state index in [9.17, 15) is 4.79 Å². The molecular weight excluding hydrogens is 246 g/mol. The molecule has 0 amide bonds. The average Bonchev–Trinajstić information content (AvgIpc) is 2.75. The van der Waals surface area contributed by atoms with Crippen LogP contribution in [0.25, 0.3) is 0 Å². The number of carbonyl (C=O) groups is 1. The minimum Gasteiger partial charge on any atom is -0.489 e. The summed E-state index contributed by atoms with van der Waals surface area (Å²) in [5, 5.41) is 9.13. The van der Waals surface area contributed by atoms with Crippen molar-refractivity contribution in [2.45, 2.75) is 26.9 Å². The van der Waals surface area contributed by atoms with E-state index in [1.165, 1.54) is 0 Å². The van der Waals surface area contributed by atoms with Crippen LogP contribution in [0.15, 0.2) is 6.07 Å². The third kappa shape index (κ3) is 2.63. The van der Waals surface area contributed by atoms with Crippen molar-refractivity contribution in [2.24, 2.45) is 0 Å². The van der Waals surface area contributed by atoms with Gasteiger partial charge in [0.2, 0.25) is 0 Å². The summed E-state index contributed by atoms with van der Waals surface area (Å²) in [6.07, 6.45) is -1.05. The molecule has 1 heterocycles. The Balaban J connectivity index is 2.16. The molecule has 1 atom stereocenters. The first-order valence-corrected chi connectivity index (χ1v) is 6.00. The fourth-order valence-corrected chi connectivity index (χ4v) is 2.19. The van der Waals surface area contributed by atoms with Gasteiger partial charge in [-0.25, -0.2) is 4.79 Å². The first-order valence-electron chi connectivity index (χ1n) is 6.00. The second kappa shape index (κ2) is 5.19. The van der Waals surface area contributed by atoms with Crippen molar-refractivity contribution >= 4 is 6.16 Å². The van der Waals surface area contributed by atoms with Gasteiger partial charge >= 0.3 is 6.16 Å². The van der Waals surface area contributed by atoms with Crippen LogP contribution in [0.5, 0.6) is 5.75 Å². The quantitative estimate of drug-likeness (QED) is 0.781. The smallest absolute Gasteiger partial charge is 0.489 e. The highest BCUT2D eigenvalue weighted by Gasteiger charge is 2.26. The summed E-state index contributed by atoms with van der Waals surface area (Å²) in [6.45, 7) is 6.10. The van der Waals surface area contributed by atoms with Crippen LogP contribution < -0.4 is 4.74 Å². The van der Waals surface area contributed by atoms with Crippen molar-refractivity contribution in [2.75, 3.05) is 13.2 Å². The van der Waals surface area contributed by atoms with Crippen LogP contribution >= 0.6 is 0 Å². The van der Waals surface area contributed by atoms with Gasteiger partial charge in [-0.1, -0.05) is 6.07 Å². The number of ether oxygens (including phenoxy) is 3. The highest BCUT2D eigenvalue weighted by Crippen LogP contribution is 2.29. The maximum Gasteiger partial charge on any atom is 0.508 e. The van der Waals surface area contributed by atoms with Crippen molar-refractivity contribution in [1.82, 2.24) is 0 Å². The maximum absolute atomic E-state index is 10.8. The number of carbonyl (C=O) groups excluding carboxylic acids is 1.